The lowest BCUT2D eigenvalue weighted by atomic mass is 9.93. The molecule has 0 aromatic heterocycles. The van der Waals surface area contributed by atoms with Crippen LogP contribution in [0.3, 0.4) is 0 Å². The first-order valence-electron chi connectivity index (χ1n) is 10.7. The fourth-order valence-electron chi connectivity index (χ4n) is 3.61. The highest BCUT2D eigenvalue weighted by molar-refractivity contribution is 6.30. The molecule has 0 aliphatic carbocycles. The van der Waals surface area contributed by atoms with Gasteiger partial charge in [-0.1, -0.05) is 66.2 Å². The average molecular weight is 469 g/mol. The molecule has 0 N–H and O–H groups in total. The Kier molecular flexibility index (Phi) is 6.91. The van der Waals surface area contributed by atoms with Crippen molar-refractivity contribution in [3.8, 4) is 11.8 Å². The van der Waals surface area contributed by atoms with Gasteiger partial charge in [-0.25, -0.2) is 0 Å². The highest BCUT2D eigenvalue weighted by Gasteiger charge is 2.35. The molecule has 0 fully saturated rings. The Bertz CT molecular complexity index is 1320. The SMILES string of the molecule is CC1=C(C#N)C(=O)N(Cc2ccccc2)C(=O)/C1=C/c1ccc(OCc2ccc(Cl)cc2)cc1. The molecule has 0 spiro atoms. The van der Waals surface area contributed by atoms with E-state index in [4.69, 9.17) is 16.3 Å². The maximum atomic E-state index is 13.2. The minimum absolute atomic E-state index is 0.0234. The van der Waals surface area contributed by atoms with Gasteiger partial charge in [0, 0.05) is 10.6 Å². The number of halogens is 1. The Balaban J connectivity index is 1.55. The van der Waals surface area contributed by atoms with Crippen molar-refractivity contribution < 1.29 is 14.3 Å². The molecule has 1 heterocycles. The number of carbonyl (C=O) groups excluding carboxylic acids is 2. The van der Waals surface area contributed by atoms with Crippen LogP contribution in [0.1, 0.15) is 23.6 Å². The lowest BCUT2D eigenvalue weighted by Gasteiger charge is -2.27. The van der Waals surface area contributed by atoms with Gasteiger partial charge in [-0.05, 0) is 59.5 Å². The Morgan fingerprint density at radius 1 is 0.912 bits per heavy atom. The van der Waals surface area contributed by atoms with Crippen LogP contribution in [0, 0.1) is 11.3 Å². The Labute approximate surface area is 203 Å². The molecule has 1 aliphatic rings. The third kappa shape index (κ3) is 5.09. The first-order valence-corrected chi connectivity index (χ1v) is 11.0. The summed E-state index contributed by atoms with van der Waals surface area (Å²) in [5.74, 6) is -0.316. The summed E-state index contributed by atoms with van der Waals surface area (Å²) in [6.45, 7) is 2.13. The molecule has 1 aliphatic heterocycles. The first kappa shape index (κ1) is 23.0. The Morgan fingerprint density at radius 2 is 1.59 bits per heavy atom. The molecule has 0 radical (unpaired) electrons. The molecule has 6 heteroatoms. The van der Waals surface area contributed by atoms with Crippen molar-refractivity contribution in [2.45, 2.75) is 20.1 Å². The lowest BCUT2D eigenvalue weighted by molar-refractivity contribution is -0.141. The van der Waals surface area contributed by atoms with Gasteiger partial charge in [0.15, 0.2) is 0 Å². The summed E-state index contributed by atoms with van der Waals surface area (Å²) in [6.07, 6.45) is 1.70. The maximum Gasteiger partial charge on any atom is 0.271 e. The van der Waals surface area contributed by atoms with Gasteiger partial charge in [-0.2, -0.15) is 5.26 Å². The zero-order valence-corrected chi connectivity index (χ0v) is 19.3. The van der Waals surface area contributed by atoms with Crippen LogP contribution in [0.4, 0.5) is 0 Å². The van der Waals surface area contributed by atoms with E-state index >= 15 is 0 Å². The van der Waals surface area contributed by atoms with E-state index in [1.807, 2.05) is 84.9 Å². The van der Waals surface area contributed by atoms with Gasteiger partial charge < -0.3 is 4.74 Å². The summed E-state index contributed by atoms with van der Waals surface area (Å²) in [4.78, 5) is 27.2. The van der Waals surface area contributed by atoms with Crippen LogP contribution in [0.2, 0.25) is 5.02 Å². The summed E-state index contributed by atoms with van der Waals surface area (Å²) < 4.78 is 5.82. The number of hydrogen-bond acceptors (Lipinski definition) is 4. The molecule has 3 aromatic carbocycles. The number of hydrogen-bond donors (Lipinski definition) is 0. The average Bonchev–Trinajstić information content (AvgIpc) is 2.86. The predicted molar refractivity (Wildman–Crippen MR) is 131 cm³/mol. The predicted octanol–water partition coefficient (Wildman–Crippen LogP) is 5.71. The molecule has 4 rings (SSSR count). The summed E-state index contributed by atoms with van der Waals surface area (Å²) in [6, 6.07) is 25.9. The maximum absolute atomic E-state index is 13.2. The van der Waals surface area contributed by atoms with E-state index in [1.165, 1.54) is 0 Å². The second-order valence-corrected chi connectivity index (χ2v) is 8.27. The van der Waals surface area contributed by atoms with Crippen molar-refractivity contribution in [2.75, 3.05) is 0 Å². The molecule has 0 unspecified atom stereocenters. The van der Waals surface area contributed by atoms with Crippen LogP contribution >= 0.6 is 11.6 Å². The van der Waals surface area contributed by atoms with Gasteiger partial charge in [-0.3, -0.25) is 14.5 Å². The quantitative estimate of drug-likeness (QED) is 0.343. The molecule has 2 amide bonds. The van der Waals surface area contributed by atoms with Gasteiger partial charge in [0.2, 0.25) is 0 Å². The molecular weight excluding hydrogens is 448 g/mol. The third-order valence-corrected chi connectivity index (χ3v) is 5.77. The molecule has 3 aromatic rings. The third-order valence-electron chi connectivity index (χ3n) is 5.52. The van der Waals surface area contributed by atoms with Gasteiger partial charge >= 0.3 is 0 Å². The van der Waals surface area contributed by atoms with Crippen molar-refractivity contribution in [1.82, 2.24) is 4.90 Å². The normalized spacial score (nSPS) is 15.0. The van der Waals surface area contributed by atoms with Crippen molar-refractivity contribution in [3.05, 3.63) is 117 Å². The van der Waals surface area contributed by atoms with Crippen LogP contribution in [-0.2, 0) is 22.7 Å². The molecule has 0 saturated heterocycles. The van der Waals surface area contributed by atoms with Crippen LogP contribution < -0.4 is 4.74 Å². The fraction of sp³-hybridized carbons (Fsp3) is 0.107. The van der Waals surface area contributed by atoms with E-state index in [-0.39, 0.29) is 12.1 Å². The molecular formula is C28H21ClN2O3. The molecule has 34 heavy (non-hydrogen) atoms. The lowest BCUT2D eigenvalue weighted by Crippen LogP contribution is -2.42. The zero-order chi connectivity index (χ0) is 24.1. The van der Waals surface area contributed by atoms with Crippen LogP contribution in [0.25, 0.3) is 6.08 Å². The minimum atomic E-state index is -0.572. The monoisotopic (exact) mass is 468 g/mol. The van der Waals surface area contributed by atoms with Gasteiger partial charge in [0.25, 0.3) is 11.8 Å². The smallest absolute Gasteiger partial charge is 0.271 e. The molecule has 0 saturated carbocycles. The second-order valence-electron chi connectivity index (χ2n) is 7.84. The number of nitriles is 1. The standard InChI is InChI=1S/C28H21ClN2O3/c1-19-25(27(32)31(28(33)26(19)16-30)17-21-5-3-2-4-6-21)15-20-9-13-24(14-10-20)34-18-22-7-11-23(29)12-8-22/h2-15H,17-18H2,1H3/b25-15+. The second kappa shape index (κ2) is 10.2. The van der Waals surface area contributed by atoms with Crippen LogP contribution in [0.5, 0.6) is 5.75 Å². The number of ether oxygens (including phenoxy) is 1. The topological polar surface area (TPSA) is 70.4 Å². The Hall–Kier alpha value is -4.14. The van der Waals surface area contributed by atoms with Gasteiger partial charge in [0.05, 0.1) is 6.54 Å². The Morgan fingerprint density at radius 3 is 2.24 bits per heavy atom. The molecule has 0 bridgehead atoms. The highest BCUT2D eigenvalue weighted by atomic mass is 35.5. The molecule has 5 nitrogen and oxygen atoms in total. The number of nitrogens with zero attached hydrogens (tertiary/aromatic N) is 2. The number of rotatable bonds is 6. The highest BCUT2D eigenvalue weighted by Crippen LogP contribution is 2.28. The summed E-state index contributed by atoms with van der Waals surface area (Å²) in [5, 5.41) is 10.2. The van der Waals surface area contributed by atoms with Crippen molar-refractivity contribution in [1.29, 1.82) is 5.26 Å². The van der Waals surface area contributed by atoms with Gasteiger partial charge in [0.1, 0.15) is 24.0 Å². The molecule has 0 atom stereocenters. The molecule has 168 valence electrons. The minimum Gasteiger partial charge on any atom is -0.489 e. The van der Waals surface area contributed by atoms with Crippen molar-refractivity contribution >= 4 is 29.5 Å². The summed E-state index contributed by atoms with van der Waals surface area (Å²) in [5.41, 5.74) is 3.24. The number of amides is 2. The van der Waals surface area contributed by atoms with Crippen molar-refractivity contribution in [3.63, 3.8) is 0 Å². The summed E-state index contributed by atoms with van der Waals surface area (Å²) in [7, 11) is 0. The van der Waals surface area contributed by atoms with E-state index < -0.39 is 11.8 Å². The fourth-order valence-corrected chi connectivity index (χ4v) is 3.74. The largest absolute Gasteiger partial charge is 0.489 e. The number of carbonyl (C=O) groups is 2. The van der Waals surface area contributed by atoms with Crippen LogP contribution in [0.15, 0.2) is 95.6 Å². The van der Waals surface area contributed by atoms with E-state index in [0.29, 0.717) is 28.5 Å². The van der Waals surface area contributed by atoms with Crippen molar-refractivity contribution in [2.24, 2.45) is 0 Å². The number of benzene rings is 3. The van der Waals surface area contributed by atoms with Crippen LogP contribution in [-0.4, -0.2) is 16.7 Å². The number of imide groups is 1. The summed E-state index contributed by atoms with van der Waals surface area (Å²) >= 11 is 5.91. The van der Waals surface area contributed by atoms with E-state index in [0.717, 1.165) is 21.6 Å². The zero-order valence-electron chi connectivity index (χ0n) is 18.5. The van der Waals surface area contributed by atoms with E-state index in [2.05, 4.69) is 0 Å². The van der Waals surface area contributed by atoms with Gasteiger partial charge in [-0.15, -0.1) is 0 Å². The first-order chi connectivity index (χ1) is 16.5. The van der Waals surface area contributed by atoms with E-state index in [1.54, 1.807) is 13.0 Å². The van der Waals surface area contributed by atoms with E-state index in [9.17, 15) is 14.9 Å².